The van der Waals surface area contributed by atoms with E-state index in [4.69, 9.17) is 19.4 Å². The molecule has 250 valence electrons. The number of fused-ring (bicyclic) bond motifs is 9. The van der Waals surface area contributed by atoms with Gasteiger partial charge in [0.05, 0.1) is 16.6 Å². The van der Waals surface area contributed by atoms with Crippen molar-refractivity contribution < 1.29 is 4.42 Å². The molecule has 7 aromatic carbocycles. The van der Waals surface area contributed by atoms with E-state index < -0.39 is 0 Å². The van der Waals surface area contributed by atoms with Crippen LogP contribution in [0, 0.1) is 0 Å². The van der Waals surface area contributed by atoms with Crippen LogP contribution in [-0.4, -0.2) is 19.5 Å². The summed E-state index contributed by atoms with van der Waals surface area (Å²) in [4.78, 5) is 15.3. The van der Waals surface area contributed by atoms with Crippen molar-refractivity contribution in [2.24, 2.45) is 0 Å². The van der Waals surface area contributed by atoms with Gasteiger partial charge in [-0.1, -0.05) is 129 Å². The third kappa shape index (κ3) is 4.40. The Morgan fingerprint density at radius 3 is 2.00 bits per heavy atom. The molecule has 10 aromatic rings. The van der Waals surface area contributed by atoms with Crippen LogP contribution in [0.5, 0.6) is 0 Å². The fourth-order valence-electron chi connectivity index (χ4n) is 8.49. The smallest absolute Gasteiger partial charge is 0.167 e. The Morgan fingerprint density at radius 2 is 1.11 bits per heavy atom. The number of aromatic nitrogens is 4. The number of para-hydroxylation sites is 3. The second-order valence-corrected chi connectivity index (χ2v) is 14.4. The van der Waals surface area contributed by atoms with Crippen LogP contribution in [0.3, 0.4) is 0 Å². The van der Waals surface area contributed by atoms with E-state index >= 15 is 0 Å². The van der Waals surface area contributed by atoms with Crippen molar-refractivity contribution in [3.8, 4) is 51.0 Å². The molecule has 1 aliphatic carbocycles. The van der Waals surface area contributed by atoms with E-state index in [1.807, 2.05) is 60.7 Å². The van der Waals surface area contributed by atoms with E-state index in [1.165, 1.54) is 38.5 Å². The maximum Gasteiger partial charge on any atom is 0.167 e. The fraction of sp³-hybridized carbons (Fsp3) is 0.0625. The molecule has 3 aromatic heterocycles. The largest absolute Gasteiger partial charge is 0.455 e. The highest BCUT2D eigenvalue weighted by atomic mass is 16.3. The Bertz CT molecular complexity index is 3100. The molecule has 0 saturated heterocycles. The van der Waals surface area contributed by atoms with Crippen LogP contribution in [0.2, 0.25) is 0 Å². The van der Waals surface area contributed by atoms with E-state index in [0.717, 1.165) is 49.8 Å². The van der Waals surface area contributed by atoms with E-state index in [1.54, 1.807) is 0 Å². The van der Waals surface area contributed by atoms with Gasteiger partial charge in [-0.25, -0.2) is 15.0 Å². The molecule has 0 aliphatic heterocycles. The highest BCUT2D eigenvalue weighted by molar-refractivity contribution is 6.12. The molecule has 11 rings (SSSR count). The molecular weight excluding hydrogens is 649 g/mol. The second-order valence-electron chi connectivity index (χ2n) is 14.4. The maximum atomic E-state index is 6.44. The monoisotopic (exact) mass is 680 g/mol. The first-order valence-electron chi connectivity index (χ1n) is 18.0. The van der Waals surface area contributed by atoms with Gasteiger partial charge in [-0.15, -0.1) is 0 Å². The average Bonchev–Trinajstić information content (AvgIpc) is 3.83. The first-order chi connectivity index (χ1) is 26.0. The lowest BCUT2D eigenvalue weighted by atomic mass is 9.82. The molecular formula is C48H32N4O. The average molecular weight is 681 g/mol. The molecule has 0 radical (unpaired) electrons. The molecule has 5 nitrogen and oxygen atoms in total. The first-order valence-corrected chi connectivity index (χ1v) is 18.0. The van der Waals surface area contributed by atoms with Crippen molar-refractivity contribution in [1.29, 1.82) is 0 Å². The topological polar surface area (TPSA) is 56.7 Å². The van der Waals surface area contributed by atoms with Crippen LogP contribution in [0.4, 0.5) is 0 Å². The molecule has 0 atom stereocenters. The number of hydrogen-bond donors (Lipinski definition) is 0. The molecule has 0 unspecified atom stereocenters. The Labute approximate surface area is 305 Å². The standard InChI is InChI=1S/C48H32N4O/c1-48(2)39-23-9-6-18-32(39)37-27-38-33-19-7-10-24-41(33)52(42(38)28-40(37)48)31-17-12-16-30(26-31)46-49-45(29-14-4-3-5-15-29)50-47(51-46)36-22-13-21-35-34-20-8-11-25-43(34)53-44(35)36/h3-28H,1-2H3. The van der Waals surface area contributed by atoms with Crippen molar-refractivity contribution in [2.75, 3.05) is 0 Å². The van der Waals surface area contributed by atoms with E-state index in [9.17, 15) is 0 Å². The lowest BCUT2D eigenvalue weighted by Gasteiger charge is -2.21. The van der Waals surface area contributed by atoms with E-state index in [2.05, 4.69) is 115 Å². The zero-order valence-electron chi connectivity index (χ0n) is 29.2. The van der Waals surface area contributed by atoms with E-state index in [0.29, 0.717) is 17.5 Å². The van der Waals surface area contributed by atoms with Gasteiger partial charge in [0.1, 0.15) is 11.2 Å². The number of hydrogen-bond acceptors (Lipinski definition) is 4. The molecule has 0 saturated carbocycles. The van der Waals surface area contributed by atoms with Gasteiger partial charge in [0.15, 0.2) is 17.5 Å². The summed E-state index contributed by atoms with van der Waals surface area (Å²) in [6.45, 7) is 4.68. The molecule has 0 spiro atoms. The second kappa shape index (κ2) is 11.1. The van der Waals surface area contributed by atoms with Gasteiger partial charge in [-0.3, -0.25) is 0 Å². The minimum absolute atomic E-state index is 0.110. The SMILES string of the molecule is CC1(C)c2ccccc2-c2cc3c4ccccc4n(-c4cccc(-c5nc(-c6ccccc6)nc(-c6cccc7c6oc6ccccc67)n5)c4)c3cc21. The minimum atomic E-state index is -0.110. The third-order valence-electron chi connectivity index (χ3n) is 11.1. The lowest BCUT2D eigenvalue weighted by molar-refractivity contribution is 0.661. The maximum absolute atomic E-state index is 6.44. The summed E-state index contributed by atoms with van der Waals surface area (Å²) >= 11 is 0. The van der Waals surface area contributed by atoms with Gasteiger partial charge < -0.3 is 8.98 Å². The Kier molecular flexibility index (Phi) is 6.23. The molecule has 3 heterocycles. The molecule has 0 bridgehead atoms. The van der Waals surface area contributed by atoms with Gasteiger partial charge in [0.2, 0.25) is 0 Å². The Hall–Kier alpha value is -6.85. The van der Waals surface area contributed by atoms with Gasteiger partial charge in [0, 0.05) is 43.8 Å². The Balaban J connectivity index is 1.13. The van der Waals surface area contributed by atoms with Gasteiger partial charge in [-0.2, -0.15) is 0 Å². The molecule has 0 fully saturated rings. The van der Waals surface area contributed by atoms with Crippen LogP contribution < -0.4 is 0 Å². The minimum Gasteiger partial charge on any atom is -0.455 e. The van der Waals surface area contributed by atoms with E-state index in [-0.39, 0.29) is 5.41 Å². The third-order valence-corrected chi connectivity index (χ3v) is 11.1. The summed E-state index contributed by atoms with van der Waals surface area (Å²) in [6, 6.07) is 55.3. The molecule has 1 aliphatic rings. The van der Waals surface area contributed by atoms with Crippen LogP contribution >= 0.6 is 0 Å². The summed E-state index contributed by atoms with van der Waals surface area (Å²) in [5.74, 6) is 1.78. The van der Waals surface area contributed by atoms with Crippen molar-refractivity contribution in [2.45, 2.75) is 19.3 Å². The zero-order valence-corrected chi connectivity index (χ0v) is 29.2. The number of furan rings is 1. The fourth-order valence-corrected chi connectivity index (χ4v) is 8.49. The van der Waals surface area contributed by atoms with Gasteiger partial charge in [0.25, 0.3) is 0 Å². The van der Waals surface area contributed by atoms with Crippen LogP contribution in [0.25, 0.3) is 94.7 Å². The molecule has 0 amide bonds. The lowest BCUT2D eigenvalue weighted by Crippen LogP contribution is -2.14. The predicted octanol–water partition coefficient (Wildman–Crippen LogP) is 12.2. The summed E-state index contributed by atoms with van der Waals surface area (Å²) in [7, 11) is 0. The summed E-state index contributed by atoms with van der Waals surface area (Å²) in [6.07, 6.45) is 0. The summed E-state index contributed by atoms with van der Waals surface area (Å²) < 4.78 is 8.83. The number of nitrogens with zero attached hydrogens (tertiary/aromatic N) is 4. The van der Waals surface area contributed by atoms with Crippen molar-refractivity contribution >= 4 is 43.7 Å². The van der Waals surface area contributed by atoms with Crippen LogP contribution in [0.1, 0.15) is 25.0 Å². The quantitative estimate of drug-likeness (QED) is 0.186. The summed E-state index contributed by atoms with van der Waals surface area (Å²) in [5, 5.41) is 4.57. The van der Waals surface area contributed by atoms with Crippen LogP contribution in [-0.2, 0) is 5.41 Å². The highest BCUT2D eigenvalue weighted by Gasteiger charge is 2.36. The highest BCUT2D eigenvalue weighted by Crippen LogP contribution is 2.51. The number of rotatable bonds is 4. The molecule has 53 heavy (non-hydrogen) atoms. The number of benzene rings is 7. The van der Waals surface area contributed by atoms with Gasteiger partial charge in [-0.05, 0) is 64.7 Å². The van der Waals surface area contributed by atoms with Crippen molar-refractivity contribution in [3.63, 3.8) is 0 Å². The molecule has 5 heteroatoms. The summed E-state index contributed by atoms with van der Waals surface area (Å²) in [5.41, 5.74) is 12.9. The molecule has 0 N–H and O–H groups in total. The predicted molar refractivity (Wildman–Crippen MR) is 215 cm³/mol. The van der Waals surface area contributed by atoms with Crippen molar-refractivity contribution in [1.82, 2.24) is 19.5 Å². The Morgan fingerprint density at radius 1 is 0.453 bits per heavy atom. The normalized spacial score (nSPS) is 13.2. The van der Waals surface area contributed by atoms with Crippen LogP contribution in [0.15, 0.2) is 162 Å². The first kappa shape index (κ1) is 29.8. The zero-order chi connectivity index (χ0) is 35.3. The van der Waals surface area contributed by atoms with Crippen molar-refractivity contribution in [3.05, 3.63) is 169 Å². The van der Waals surface area contributed by atoms with Gasteiger partial charge >= 0.3 is 0 Å².